The first-order valence-electron chi connectivity index (χ1n) is 7.83. The van der Waals surface area contributed by atoms with Gasteiger partial charge in [-0.2, -0.15) is 4.98 Å². The first-order valence-corrected chi connectivity index (χ1v) is 8.63. The zero-order valence-corrected chi connectivity index (χ0v) is 15.9. The number of aromatic nitrogens is 2. The van der Waals surface area contributed by atoms with Crippen molar-refractivity contribution in [3.63, 3.8) is 0 Å². The molecule has 3 rings (SSSR count). The third-order valence-electron chi connectivity index (χ3n) is 3.64. The van der Waals surface area contributed by atoms with Crippen molar-refractivity contribution in [3.05, 3.63) is 64.3 Å². The van der Waals surface area contributed by atoms with Crippen molar-refractivity contribution in [3.8, 4) is 5.75 Å². The molecule has 0 saturated carbocycles. The summed E-state index contributed by atoms with van der Waals surface area (Å²) in [5, 5.41) is 6.53. The molecular weight excluding hydrogens is 380 g/mol. The highest BCUT2D eigenvalue weighted by molar-refractivity contribution is 9.10. The fourth-order valence-corrected chi connectivity index (χ4v) is 2.69. The van der Waals surface area contributed by atoms with Crippen LogP contribution in [-0.2, 0) is 0 Å². The van der Waals surface area contributed by atoms with Crippen molar-refractivity contribution >= 4 is 39.1 Å². The maximum absolute atomic E-state index is 5.17. The minimum absolute atomic E-state index is 0.541. The van der Waals surface area contributed by atoms with Gasteiger partial charge in [0.25, 0.3) is 0 Å². The van der Waals surface area contributed by atoms with Crippen LogP contribution >= 0.6 is 15.9 Å². The van der Waals surface area contributed by atoms with Crippen LogP contribution < -0.4 is 15.4 Å². The number of hydrogen-bond acceptors (Lipinski definition) is 5. The van der Waals surface area contributed by atoms with Gasteiger partial charge >= 0.3 is 0 Å². The van der Waals surface area contributed by atoms with E-state index in [0.29, 0.717) is 5.95 Å². The molecule has 128 valence electrons. The Labute approximate surface area is 155 Å². The lowest BCUT2D eigenvalue weighted by Gasteiger charge is -2.11. The Morgan fingerprint density at radius 1 is 0.880 bits per heavy atom. The summed E-state index contributed by atoms with van der Waals surface area (Å²) >= 11 is 3.55. The number of ether oxygens (including phenoxy) is 1. The molecule has 2 N–H and O–H groups in total. The molecule has 0 saturated heterocycles. The fourth-order valence-electron chi connectivity index (χ4n) is 2.31. The van der Waals surface area contributed by atoms with Gasteiger partial charge in [0, 0.05) is 27.6 Å². The zero-order chi connectivity index (χ0) is 17.8. The summed E-state index contributed by atoms with van der Waals surface area (Å²) in [7, 11) is 1.65. The van der Waals surface area contributed by atoms with E-state index in [4.69, 9.17) is 4.74 Å². The smallest absolute Gasteiger partial charge is 0.229 e. The summed E-state index contributed by atoms with van der Waals surface area (Å²) in [5.41, 5.74) is 3.92. The van der Waals surface area contributed by atoms with Gasteiger partial charge in [-0.15, -0.1) is 0 Å². The summed E-state index contributed by atoms with van der Waals surface area (Å²) in [6.07, 6.45) is 0. The molecule has 0 radical (unpaired) electrons. The van der Waals surface area contributed by atoms with E-state index in [9.17, 15) is 0 Å². The van der Waals surface area contributed by atoms with E-state index >= 15 is 0 Å². The zero-order valence-electron chi connectivity index (χ0n) is 14.3. The molecule has 0 unspecified atom stereocenters. The number of methoxy groups -OCH3 is 1. The number of halogens is 1. The van der Waals surface area contributed by atoms with Gasteiger partial charge in [0.2, 0.25) is 5.95 Å². The highest BCUT2D eigenvalue weighted by Crippen LogP contribution is 2.24. The first-order chi connectivity index (χ1) is 12.0. The number of anilines is 4. The first kappa shape index (κ1) is 17.2. The van der Waals surface area contributed by atoms with Crippen LogP contribution in [0.5, 0.6) is 5.75 Å². The van der Waals surface area contributed by atoms with Crippen LogP contribution in [0.2, 0.25) is 0 Å². The van der Waals surface area contributed by atoms with E-state index in [1.54, 1.807) is 7.11 Å². The molecule has 0 bridgehead atoms. The van der Waals surface area contributed by atoms with Gasteiger partial charge in [0.15, 0.2) is 0 Å². The van der Waals surface area contributed by atoms with Gasteiger partial charge in [-0.3, -0.25) is 0 Å². The lowest BCUT2D eigenvalue weighted by atomic mass is 10.2. The van der Waals surface area contributed by atoms with Gasteiger partial charge in [-0.05, 0) is 55.8 Å². The largest absolute Gasteiger partial charge is 0.497 e. The number of benzene rings is 2. The third-order valence-corrected chi connectivity index (χ3v) is 4.50. The molecule has 0 fully saturated rings. The Morgan fingerprint density at radius 3 is 2.28 bits per heavy atom. The van der Waals surface area contributed by atoms with Gasteiger partial charge in [0.05, 0.1) is 7.11 Å². The average molecular weight is 399 g/mol. The van der Waals surface area contributed by atoms with Crippen molar-refractivity contribution in [2.75, 3.05) is 17.7 Å². The van der Waals surface area contributed by atoms with Crippen LogP contribution in [-0.4, -0.2) is 17.1 Å². The third kappa shape index (κ3) is 4.48. The van der Waals surface area contributed by atoms with Crippen molar-refractivity contribution in [2.24, 2.45) is 0 Å². The Kier molecular flexibility index (Phi) is 5.19. The topological polar surface area (TPSA) is 59.1 Å². The Hall–Kier alpha value is -2.60. The van der Waals surface area contributed by atoms with E-state index in [1.165, 1.54) is 5.56 Å². The quantitative estimate of drug-likeness (QED) is 0.606. The summed E-state index contributed by atoms with van der Waals surface area (Å²) in [5.74, 6) is 2.08. The number of rotatable bonds is 5. The maximum Gasteiger partial charge on any atom is 0.229 e. The lowest BCUT2D eigenvalue weighted by Crippen LogP contribution is -2.02. The average Bonchev–Trinajstić information content (AvgIpc) is 2.58. The van der Waals surface area contributed by atoms with Crippen molar-refractivity contribution in [1.82, 2.24) is 9.97 Å². The summed E-state index contributed by atoms with van der Waals surface area (Å²) in [4.78, 5) is 8.98. The van der Waals surface area contributed by atoms with Gasteiger partial charge < -0.3 is 15.4 Å². The van der Waals surface area contributed by atoms with Gasteiger partial charge in [-0.1, -0.05) is 22.0 Å². The summed E-state index contributed by atoms with van der Waals surface area (Å²) < 4.78 is 6.22. The van der Waals surface area contributed by atoms with Crippen LogP contribution in [0.4, 0.5) is 23.1 Å². The van der Waals surface area contributed by atoms with Crippen LogP contribution in [0.1, 0.15) is 11.3 Å². The van der Waals surface area contributed by atoms with E-state index < -0.39 is 0 Å². The number of nitrogens with one attached hydrogen (secondary N) is 2. The SMILES string of the molecule is COc1ccc(Nc2nc(C)cc(Nc3ccc(C)c(Br)c3)n2)cc1. The minimum Gasteiger partial charge on any atom is -0.497 e. The molecule has 2 aromatic carbocycles. The molecule has 0 aliphatic carbocycles. The second-order valence-corrected chi connectivity index (χ2v) is 6.51. The Bertz CT molecular complexity index is 881. The molecule has 0 aliphatic heterocycles. The number of aryl methyl sites for hydroxylation is 2. The Morgan fingerprint density at radius 2 is 1.60 bits per heavy atom. The molecule has 0 amide bonds. The molecule has 25 heavy (non-hydrogen) atoms. The van der Waals surface area contributed by atoms with Gasteiger partial charge in [-0.25, -0.2) is 4.98 Å². The van der Waals surface area contributed by atoms with Gasteiger partial charge in [0.1, 0.15) is 11.6 Å². The van der Waals surface area contributed by atoms with Crippen LogP contribution in [0, 0.1) is 13.8 Å². The molecule has 0 atom stereocenters. The van der Waals surface area contributed by atoms with E-state index in [2.05, 4.69) is 49.5 Å². The molecule has 3 aromatic rings. The Balaban J connectivity index is 1.80. The highest BCUT2D eigenvalue weighted by Gasteiger charge is 2.05. The molecule has 1 heterocycles. The molecule has 0 spiro atoms. The molecule has 1 aromatic heterocycles. The maximum atomic E-state index is 5.17. The molecular formula is C19H19BrN4O. The second kappa shape index (κ2) is 7.53. The molecule has 5 nitrogen and oxygen atoms in total. The lowest BCUT2D eigenvalue weighted by molar-refractivity contribution is 0.415. The molecule has 0 aliphatic rings. The van der Waals surface area contributed by atoms with Crippen molar-refractivity contribution < 1.29 is 4.74 Å². The van der Waals surface area contributed by atoms with E-state index in [1.807, 2.05) is 49.4 Å². The predicted molar refractivity (Wildman–Crippen MR) is 105 cm³/mol. The second-order valence-electron chi connectivity index (χ2n) is 5.66. The van der Waals surface area contributed by atoms with E-state index in [-0.39, 0.29) is 0 Å². The molecule has 6 heteroatoms. The number of hydrogen-bond donors (Lipinski definition) is 2. The van der Waals surface area contributed by atoms with Crippen molar-refractivity contribution in [2.45, 2.75) is 13.8 Å². The van der Waals surface area contributed by atoms with Crippen molar-refractivity contribution in [1.29, 1.82) is 0 Å². The van der Waals surface area contributed by atoms with Crippen LogP contribution in [0.15, 0.2) is 53.0 Å². The summed E-state index contributed by atoms with van der Waals surface area (Å²) in [6.45, 7) is 4.00. The standard InChI is InChI=1S/C19H19BrN4O/c1-12-4-5-15(11-17(12)20)22-18-10-13(2)21-19(24-18)23-14-6-8-16(25-3)9-7-14/h4-11H,1-3H3,(H2,21,22,23,24). The normalized spacial score (nSPS) is 10.4. The van der Waals surface area contributed by atoms with E-state index in [0.717, 1.165) is 33.1 Å². The highest BCUT2D eigenvalue weighted by atomic mass is 79.9. The summed E-state index contributed by atoms with van der Waals surface area (Å²) in [6, 6.07) is 15.6. The van der Waals surface area contributed by atoms with Crippen LogP contribution in [0.3, 0.4) is 0 Å². The predicted octanol–water partition coefficient (Wildman–Crippen LogP) is 5.35. The monoisotopic (exact) mass is 398 g/mol. The van der Waals surface area contributed by atoms with Crippen LogP contribution in [0.25, 0.3) is 0 Å². The number of nitrogens with zero attached hydrogens (tertiary/aromatic N) is 2. The minimum atomic E-state index is 0.541. The fraction of sp³-hybridized carbons (Fsp3) is 0.158.